The van der Waals surface area contributed by atoms with E-state index in [9.17, 15) is 14.7 Å². The van der Waals surface area contributed by atoms with Crippen LogP contribution in [0.2, 0.25) is 0 Å². The standard InChI is InChI=1S/C22H32O6/c1-4-26-20(24)12-19(23)22(21(25)27-11-10-16(2)3)13-18(14-22)28-15-17-8-6-5-7-9-17/h5-9,16,18-19,23H,4,10-15H2,1-3H3. The first-order valence-electron chi connectivity index (χ1n) is 10.0. The van der Waals surface area contributed by atoms with Gasteiger partial charge in [0, 0.05) is 0 Å². The lowest BCUT2D eigenvalue weighted by Crippen LogP contribution is -2.56. The van der Waals surface area contributed by atoms with Crippen molar-refractivity contribution in [1.82, 2.24) is 0 Å². The molecule has 0 spiro atoms. The van der Waals surface area contributed by atoms with Crippen LogP contribution in [0.5, 0.6) is 0 Å². The lowest BCUT2D eigenvalue weighted by molar-refractivity contribution is -0.194. The van der Waals surface area contributed by atoms with Crippen LogP contribution < -0.4 is 0 Å². The highest BCUT2D eigenvalue weighted by Crippen LogP contribution is 2.48. The lowest BCUT2D eigenvalue weighted by Gasteiger charge is -2.47. The predicted octanol–water partition coefficient (Wildman–Crippen LogP) is 3.26. The number of hydrogen-bond donors (Lipinski definition) is 1. The zero-order valence-electron chi connectivity index (χ0n) is 17.1. The minimum atomic E-state index is -1.14. The highest BCUT2D eigenvalue weighted by molar-refractivity contribution is 5.80. The van der Waals surface area contributed by atoms with Crippen LogP contribution >= 0.6 is 0 Å². The molecule has 1 unspecified atom stereocenters. The van der Waals surface area contributed by atoms with Crippen molar-refractivity contribution in [2.45, 2.75) is 65.3 Å². The highest BCUT2D eigenvalue weighted by atomic mass is 16.5. The largest absolute Gasteiger partial charge is 0.466 e. The number of benzene rings is 1. The molecule has 28 heavy (non-hydrogen) atoms. The maximum atomic E-state index is 12.7. The fourth-order valence-electron chi connectivity index (χ4n) is 3.34. The van der Waals surface area contributed by atoms with Gasteiger partial charge in [0.2, 0.25) is 0 Å². The van der Waals surface area contributed by atoms with Gasteiger partial charge in [-0.05, 0) is 37.7 Å². The Balaban J connectivity index is 1.95. The molecule has 1 aliphatic carbocycles. The molecule has 6 heteroatoms. The monoisotopic (exact) mass is 392 g/mol. The summed E-state index contributed by atoms with van der Waals surface area (Å²) in [6.07, 6.45) is -0.103. The molecular formula is C22H32O6. The van der Waals surface area contributed by atoms with Crippen LogP contribution in [0.3, 0.4) is 0 Å². The summed E-state index contributed by atoms with van der Waals surface area (Å²) in [5.74, 6) is -0.556. The van der Waals surface area contributed by atoms with E-state index in [0.717, 1.165) is 12.0 Å². The fourth-order valence-corrected chi connectivity index (χ4v) is 3.34. The summed E-state index contributed by atoms with van der Waals surface area (Å²) in [6.45, 7) is 6.79. The average Bonchev–Trinajstić information content (AvgIpc) is 2.61. The molecule has 2 rings (SSSR count). The third-order valence-electron chi connectivity index (χ3n) is 5.15. The first kappa shape index (κ1) is 22.4. The van der Waals surface area contributed by atoms with E-state index in [2.05, 4.69) is 13.8 Å². The van der Waals surface area contributed by atoms with Crippen LogP contribution in [0, 0.1) is 11.3 Å². The van der Waals surface area contributed by atoms with Crippen molar-refractivity contribution >= 4 is 11.9 Å². The molecule has 1 saturated carbocycles. The average molecular weight is 392 g/mol. The van der Waals surface area contributed by atoms with E-state index in [4.69, 9.17) is 14.2 Å². The topological polar surface area (TPSA) is 82.1 Å². The molecule has 0 aliphatic heterocycles. The molecule has 6 nitrogen and oxygen atoms in total. The normalized spacial score (nSPS) is 22.4. The van der Waals surface area contributed by atoms with Gasteiger partial charge >= 0.3 is 11.9 Å². The minimum Gasteiger partial charge on any atom is -0.466 e. The van der Waals surface area contributed by atoms with E-state index in [-0.39, 0.29) is 19.1 Å². The van der Waals surface area contributed by atoms with Gasteiger partial charge in [-0.1, -0.05) is 44.2 Å². The number of carbonyl (C=O) groups excluding carboxylic acids is 2. The molecule has 1 fully saturated rings. The molecule has 0 aromatic heterocycles. The van der Waals surface area contributed by atoms with Gasteiger partial charge < -0.3 is 19.3 Å². The summed E-state index contributed by atoms with van der Waals surface area (Å²) >= 11 is 0. The third-order valence-corrected chi connectivity index (χ3v) is 5.15. The Morgan fingerprint density at radius 3 is 2.46 bits per heavy atom. The third kappa shape index (κ3) is 6.04. The van der Waals surface area contributed by atoms with E-state index in [1.165, 1.54) is 0 Å². The van der Waals surface area contributed by atoms with Crippen molar-refractivity contribution < 1.29 is 28.9 Å². The Morgan fingerprint density at radius 2 is 1.86 bits per heavy atom. The Morgan fingerprint density at radius 1 is 1.18 bits per heavy atom. The molecule has 1 atom stereocenters. The van der Waals surface area contributed by atoms with Gasteiger partial charge in [-0.2, -0.15) is 0 Å². The Hall–Kier alpha value is -1.92. The van der Waals surface area contributed by atoms with Gasteiger partial charge in [-0.25, -0.2) is 0 Å². The molecule has 0 radical (unpaired) electrons. The smallest absolute Gasteiger partial charge is 0.314 e. The van der Waals surface area contributed by atoms with Crippen LogP contribution in [0.25, 0.3) is 0 Å². The summed E-state index contributed by atoms with van der Waals surface area (Å²) in [4.78, 5) is 24.5. The fraction of sp³-hybridized carbons (Fsp3) is 0.636. The molecule has 0 amide bonds. The number of esters is 2. The summed E-state index contributed by atoms with van der Waals surface area (Å²) in [7, 11) is 0. The maximum absolute atomic E-state index is 12.7. The van der Waals surface area contributed by atoms with E-state index in [0.29, 0.717) is 32.0 Å². The summed E-state index contributed by atoms with van der Waals surface area (Å²) < 4.78 is 16.2. The van der Waals surface area contributed by atoms with Crippen LogP contribution in [0.4, 0.5) is 0 Å². The van der Waals surface area contributed by atoms with Gasteiger partial charge in [0.1, 0.15) is 0 Å². The molecule has 1 aliphatic rings. The van der Waals surface area contributed by atoms with Gasteiger partial charge in [0.25, 0.3) is 0 Å². The van der Waals surface area contributed by atoms with Crippen LogP contribution in [0.15, 0.2) is 30.3 Å². The molecule has 0 bridgehead atoms. The van der Waals surface area contributed by atoms with Gasteiger partial charge in [-0.15, -0.1) is 0 Å². The van der Waals surface area contributed by atoms with E-state index in [1.807, 2.05) is 30.3 Å². The van der Waals surface area contributed by atoms with Crippen LogP contribution in [0.1, 0.15) is 52.0 Å². The number of hydrogen-bond acceptors (Lipinski definition) is 6. The first-order chi connectivity index (χ1) is 13.4. The van der Waals surface area contributed by atoms with E-state index < -0.39 is 23.5 Å². The van der Waals surface area contributed by atoms with Crippen molar-refractivity contribution in [1.29, 1.82) is 0 Å². The number of ether oxygens (including phenoxy) is 3. The zero-order chi connectivity index (χ0) is 20.6. The molecule has 0 heterocycles. The Labute approximate surface area is 167 Å². The molecule has 156 valence electrons. The number of carbonyl (C=O) groups is 2. The summed E-state index contributed by atoms with van der Waals surface area (Å²) in [5, 5.41) is 10.6. The van der Waals surface area contributed by atoms with Gasteiger partial charge in [0.05, 0.1) is 43.9 Å². The van der Waals surface area contributed by atoms with Crippen molar-refractivity contribution in [2.24, 2.45) is 11.3 Å². The summed E-state index contributed by atoms with van der Waals surface area (Å²) in [5.41, 5.74) is -0.0583. The second-order valence-electron chi connectivity index (χ2n) is 7.83. The predicted molar refractivity (Wildman–Crippen MR) is 104 cm³/mol. The quantitative estimate of drug-likeness (QED) is 0.582. The van der Waals surface area contributed by atoms with Crippen molar-refractivity contribution in [2.75, 3.05) is 13.2 Å². The van der Waals surface area contributed by atoms with Crippen LogP contribution in [-0.2, 0) is 30.4 Å². The Bertz CT molecular complexity index is 621. The van der Waals surface area contributed by atoms with Crippen molar-refractivity contribution in [3.8, 4) is 0 Å². The second-order valence-corrected chi connectivity index (χ2v) is 7.83. The number of aliphatic hydroxyl groups excluding tert-OH is 1. The van der Waals surface area contributed by atoms with Crippen molar-refractivity contribution in [3.05, 3.63) is 35.9 Å². The van der Waals surface area contributed by atoms with Gasteiger partial charge in [0.15, 0.2) is 0 Å². The molecule has 1 aromatic carbocycles. The maximum Gasteiger partial charge on any atom is 0.314 e. The minimum absolute atomic E-state index is 0.158. The second kappa shape index (κ2) is 10.6. The molecule has 0 saturated heterocycles. The Kier molecular flexibility index (Phi) is 8.45. The molecule has 1 aromatic rings. The molecular weight excluding hydrogens is 360 g/mol. The van der Waals surface area contributed by atoms with E-state index in [1.54, 1.807) is 6.92 Å². The SMILES string of the molecule is CCOC(=O)CC(O)C1(C(=O)OCCC(C)C)CC(OCc2ccccc2)C1. The highest BCUT2D eigenvalue weighted by Gasteiger charge is 2.57. The van der Waals surface area contributed by atoms with Crippen LogP contribution in [-0.4, -0.2) is 42.5 Å². The van der Waals surface area contributed by atoms with Gasteiger partial charge in [-0.3, -0.25) is 9.59 Å². The number of aliphatic hydroxyl groups is 1. The summed E-state index contributed by atoms with van der Waals surface area (Å²) in [6, 6.07) is 9.78. The van der Waals surface area contributed by atoms with Crippen molar-refractivity contribution in [3.63, 3.8) is 0 Å². The zero-order valence-corrected chi connectivity index (χ0v) is 17.1. The molecule has 1 N–H and O–H groups in total. The van der Waals surface area contributed by atoms with E-state index >= 15 is 0 Å². The number of rotatable bonds is 11. The lowest BCUT2D eigenvalue weighted by atomic mass is 9.62. The first-order valence-corrected chi connectivity index (χ1v) is 10.0.